The normalized spacial score (nSPS) is 21.9. The summed E-state index contributed by atoms with van der Waals surface area (Å²) in [6.45, 7) is 0.765. The minimum atomic E-state index is 0.126. The van der Waals surface area contributed by atoms with Gasteiger partial charge in [-0.25, -0.2) is 4.68 Å². The number of thioether (sulfide) groups is 1. The van der Waals surface area contributed by atoms with Gasteiger partial charge in [0.2, 0.25) is 11.1 Å². The summed E-state index contributed by atoms with van der Waals surface area (Å²) in [6.07, 6.45) is 7.81. The summed E-state index contributed by atoms with van der Waals surface area (Å²) in [6, 6.07) is 11.7. The second kappa shape index (κ2) is 10.4. The van der Waals surface area contributed by atoms with Crippen LogP contribution < -0.4 is 10.9 Å². The van der Waals surface area contributed by atoms with Gasteiger partial charge in [-0.2, -0.15) is 0 Å². The SMILES string of the molecule is CN(CCCC1CC(c2ccccc2)NN1)C(=O)CSc1nnnn1C1CCCC1. The number of amides is 1. The maximum absolute atomic E-state index is 12.5. The van der Waals surface area contributed by atoms with Crippen LogP contribution in [0.1, 0.15) is 62.6 Å². The van der Waals surface area contributed by atoms with Crippen LogP contribution in [-0.4, -0.2) is 56.4 Å². The Morgan fingerprint density at radius 1 is 1.23 bits per heavy atom. The number of hydrogen-bond donors (Lipinski definition) is 2. The van der Waals surface area contributed by atoms with Gasteiger partial charge in [0.05, 0.1) is 11.8 Å². The van der Waals surface area contributed by atoms with Crippen LogP contribution in [0.2, 0.25) is 0 Å². The lowest BCUT2D eigenvalue weighted by atomic mass is 10.00. The van der Waals surface area contributed by atoms with Gasteiger partial charge in [0, 0.05) is 25.7 Å². The molecule has 0 bridgehead atoms. The van der Waals surface area contributed by atoms with Crippen molar-refractivity contribution in [3.05, 3.63) is 35.9 Å². The molecule has 1 saturated heterocycles. The second-order valence-electron chi connectivity index (χ2n) is 8.28. The monoisotopic (exact) mass is 429 g/mol. The number of aromatic nitrogens is 4. The van der Waals surface area contributed by atoms with Crippen molar-refractivity contribution in [1.29, 1.82) is 0 Å². The van der Waals surface area contributed by atoms with E-state index in [9.17, 15) is 4.79 Å². The van der Waals surface area contributed by atoms with E-state index >= 15 is 0 Å². The molecule has 0 spiro atoms. The predicted octanol–water partition coefficient (Wildman–Crippen LogP) is 2.73. The molecule has 1 aromatic carbocycles. The number of hydrazine groups is 1. The van der Waals surface area contributed by atoms with Crippen molar-refractivity contribution in [3.63, 3.8) is 0 Å². The molecule has 0 radical (unpaired) electrons. The molecule has 1 amide bonds. The van der Waals surface area contributed by atoms with E-state index in [-0.39, 0.29) is 5.91 Å². The molecular formula is C21H31N7OS. The molecule has 2 fully saturated rings. The molecule has 30 heavy (non-hydrogen) atoms. The molecule has 8 nitrogen and oxygen atoms in total. The van der Waals surface area contributed by atoms with Crippen LogP contribution in [0.4, 0.5) is 0 Å². The molecule has 162 valence electrons. The fourth-order valence-corrected chi connectivity index (χ4v) is 5.20. The molecule has 2 unspecified atom stereocenters. The lowest BCUT2D eigenvalue weighted by Gasteiger charge is -2.18. The minimum Gasteiger partial charge on any atom is -0.345 e. The number of nitrogens with one attached hydrogen (secondary N) is 2. The maximum atomic E-state index is 12.5. The van der Waals surface area contributed by atoms with Gasteiger partial charge in [-0.1, -0.05) is 54.9 Å². The smallest absolute Gasteiger partial charge is 0.232 e. The summed E-state index contributed by atoms with van der Waals surface area (Å²) in [5.74, 6) is 0.503. The van der Waals surface area contributed by atoms with E-state index < -0.39 is 0 Å². The van der Waals surface area contributed by atoms with Crippen LogP contribution in [0.15, 0.2) is 35.5 Å². The van der Waals surface area contributed by atoms with Crippen molar-refractivity contribution >= 4 is 17.7 Å². The van der Waals surface area contributed by atoms with Gasteiger partial charge in [-0.05, 0) is 48.1 Å². The summed E-state index contributed by atoms with van der Waals surface area (Å²) in [4.78, 5) is 14.4. The quantitative estimate of drug-likeness (QED) is 0.593. The molecule has 2 aliphatic rings. The molecule has 1 aromatic heterocycles. The highest BCUT2D eigenvalue weighted by molar-refractivity contribution is 7.99. The molecule has 1 saturated carbocycles. The van der Waals surface area contributed by atoms with E-state index in [2.05, 4.69) is 50.6 Å². The summed E-state index contributed by atoms with van der Waals surface area (Å²) in [7, 11) is 1.88. The van der Waals surface area contributed by atoms with Crippen LogP contribution in [0, 0.1) is 0 Å². The molecule has 4 rings (SSSR count). The van der Waals surface area contributed by atoms with Gasteiger partial charge in [-0.15, -0.1) is 5.10 Å². The second-order valence-corrected chi connectivity index (χ2v) is 9.22. The van der Waals surface area contributed by atoms with Crippen molar-refractivity contribution < 1.29 is 4.79 Å². The standard InChI is InChI=1S/C21H31N7OS/c1-27(13-7-10-17-14-19(23-22-17)16-8-3-2-4-9-16)20(29)15-30-21-24-25-26-28(21)18-11-5-6-12-18/h2-4,8-9,17-19,22-23H,5-7,10-15H2,1H3. The van der Waals surface area contributed by atoms with Gasteiger partial charge in [0.1, 0.15) is 0 Å². The third-order valence-electron chi connectivity index (χ3n) is 6.11. The maximum Gasteiger partial charge on any atom is 0.232 e. The van der Waals surface area contributed by atoms with Gasteiger partial charge in [0.15, 0.2) is 0 Å². The molecule has 1 aliphatic heterocycles. The van der Waals surface area contributed by atoms with Crippen molar-refractivity contribution in [3.8, 4) is 0 Å². The van der Waals surface area contributed by atoms with E-state index in [4.69, 9.17) is 0 Å². The summed E-state index contributed by atoms with van der Waals surface area (Å²) < 4.78 is 1.91. The highest BCUT2D eigenvalue weighted by Crippen LogP contribution is 2.31. The molecule has 2 atom stereocenters. The van der Waals surface area contributed by atoms with E-state index in [1.165, 1.54) is 30.2 Å². The molecule has 1 aliphatic carbocycles. The molecule has 2 heterocycles. The van der Waals surface area contributed by atoms with Crippen molar-refractivity contribution in [2.24, 2.45) is 0 Å². The first-order valence-electron chi connectivity index (χ1n) is 10.9. The Hall–Kier alpha value is -1.97. The summed E-state index contributed by atoms with van der Waals surface area (Å²) in [5, 5.41) is 12.8. The van der Waals surface area contributed by atoms with Gasteiger partial charge >= 0.3 is 0 Å². The van der Waals surface area contributed by atoms with Crippen LogP contribution in [0.5, 0.6) is 0 Å². The number of benzene rings is 1. The Bertz CT molecular complexity index is 809. The molecule has 9 heteroatoms. The average Bonchev–Trinajstić information content (AvgIpc) is 3.54. The van der Waals surface area contributed by atoms with Crippen LogP contribution in [-0.2, 0) is 4.79 Å². The van der Waals surface area contributed by atoms with Gasteiger partial charge in [-0.3, -0.25) is 15.6 Å². The third-order valence-corrected chi connectivity index (χ3v) is 7.03. The highest BCUT2D eigenvalue weighted by Gasteiger charge is 2.25. The number of hydrogen-bond acceptors (Lipinski definition) is 7. The summed E-state index contributed by atoms with van der Waals surface area (Å²) >= 11 is 1.45. The number of nitrogens with zero attached hydrogens (tertiary/aromatic N) is 5. The highest BCUT2D eigenvalue weighted by atomic mass is 32.2. The lowest BCUT2D eigenvalue weighted by Crippen LogP contribution is -2.33. The number of tetrazole rings is 1. The largest absolute Gasteiger partial charge is 0.345 e. The third kappa shape index (κ3) is 5.39. The minimum absolute atomic E-state index is 0.126. The van der Waals surface area contributed by atoms with Crippen molar-refractivity contribution in [2.45, 2.75) is 68.2 Å². The Balaban J connectivity index is 1.16. The fourth-order valence-electron chi connectivity index (χ4n) is 4.31. The van der Waals surface area contributed by atoms with E-state index in [0.29, 0.717) is 23.9 Å². The Morgan fingerprint density at radius 2 is 2.03 bits per heavy atom. The Labute approximate surface area is 182 Å². The molecule has 2 N–H and O–H groups in total. The first-order chi connectivity index (χ1) is 14.7. The average molecular weight is 430 g/mol. The van der Waals surface area contributed by atoms with E-state index in [1.54, 1.807) is 0 Å². The Morgan fingerprint density at radius 3 is 2.83 bits per heavy atom. The number of carbonyl (C=O) groups is 1. The zero-order chi connectivity index (χ0) is 20.8. The number of carbonyl (C=O) groups excluding carboxylic acids is 1. The topological polar surface area (TPSA) is 88.0 Å². The number of rotatable bonds is 9. The van der Waals surface area contributed by atoms with Crippen LogP contribution >= 0.6 is 11.8 Å². The van der Waals surface area contributed by atoms with E-state index in [1.807, 2.05) is 22.7 Å². The van der Waals surface area contributed by atoms with Crippen LogP contribution in [0.25, 0.3) is 0 Å². The van der Waals surface area contributed by atoms with Gasteiger partial charge in [0.25, 0.3) is 0 Å². The molecular weight excluding hydrogens is 398 g/mol. The first kappa shape index (κ1) is 21.3. The first-order valence-corrected chi connectivity index (χ1v) is 11.9. The summed E-state index contributed by atoms with van der Waals surface area (Å²) in [5.41, 5.74) is 8.11. The Kier molecular flexibility index (Phi) is 7.35. The molecule has 2 aromatic rings. The van der Waals surface area contributed by atoms with Crippen molar-refractivity contribution in [2.75, 3.05) is 19.3 Å². The van der Waals surface area contributed by atoms with Crippen molar-refractivity contribution in [1.82, 2.24) is 36.0 Å². The van der Waals surface area contributed by atoms with E-state index in [0.717, 1.165) is 43.8 Å². The lowest BCUT2D eigenvalue weighted by molar-refractivity contribution is -0.127. The van der Waals surface area contributed by atoms with Gasteiger partial charge < -0.3 is 4.90 Å². The fraction of sp³-hybridized carbons (Fsp3) is 0.619. The predicted molar refractivity (Wildman–Crippen MR) is 117 cm³/mol. The van der Waals surface area contributed by atoms with Crippen LogP contribution in [0.3, 0.4) is 0 Å². The zero-order valence-electron chi connectivity index (χ0n) is 17.5. The zero-order valence-corrected chi connectivity index (χ0v) is 18.4.